The van der Waals surface area contributed by atoms with E-state index in [2.05, 4.69) is 6.58 Å². The molecule has 0 amide bonds. The molecule has 1 N–H and O–H groups in total. The maximum atomic E-state index is 14.0. The normalized spacial score (nSPS) is 37.2. The SMILES string of the molecule is C=C(C)[C@H]1C=C[C@@H](OC(=O)c2ccccc2)[C@@]23CO[C@@](C)([C@H](OC(=O)c4ccccc4)[C@@]4(OC(C)=O)C[C@H](C)[C@H](OC(=O)CC)[C@@H]4[C@H]2O)[C@H]13. The van der Waals surface area contributed by atoms with Crippen molar-refractivity contribution in [2.24, 2.45) is 29.1 Å². The zero-order chi connectivity index (χ0) is 35.3. The number of ether oxygens (including phenoxy) is 5. The predicted octanol–water partition coefficient (Wildman–Crippen LogP) is 5.25. The molecule has 10 nitrogen and oxygen atoms in total. The molecule has 3 fully saturated rings. The van der Waals surface area contributed by atoms with E-state index >= 15 is 0 Å². The highest BCUT2D eigenvalue weighted by atomic mass is 16.6. The van der Waals surface area contributed by atoms with E-state index in [1.54, 1.807) is 80.6 Å². The molecule has 6 rings (SSSR count). The van der Waals surface area contributed by atoms with E-state index in [9.17, 15) is 24.3 Å². The van der Waals surface area contributed by atoms with Gasteiger partial charge in [0.05, 0.1) is 35.2 Å². The lowest BCUT2D eigenvalue weighted by Crippen LogP contribution is -2.64. The van der Waals surface area contributed by atoms with E-state index in [4.69, 9.17) is 23.7 Å². The van der Waals surface area contributed by atoms with Crippen LogP contribution in [0.4, 0.5) is 0 Å². The Balaban J connectivity index is 1.59. The molecule has 1 heterocycles. The maximum absolute atomic E-state index is 14.0. The Kier molecular flexibility index (Phi) is 9.09. The third-order valence-electron chi connectivity index (χ3n) is 11.1. The Labute approximate surface area is 286 Å². The summed E-state index contributed by atoms with van der Waals surface area (Å²) in [6.45, 7) is 12.6. The van der Waals surface area contributed by atoms with Crippen molar-refractivity contribution in [3.8, 4) is 0 Å². The molecular weight excluding hydrogens is 628 g/mol. The molecule has 11 atom stereocenters. The van der Waals surface area contributed by atoms with E-state index < -0.39 is 88.6 Å². The van der Waals surface area contributed by atoms with Crippen LogP contribution in [0.3, 0.4) is 0 Å². The van der Waals surface area contributed by atoms with Gasteiger partial charge in [-0.25, -0.2) is 9.59 Å². The van der Waals surface area contributed by atoms with Gasteiger partial charge in [0.2, 0.25) is 0 Å². The molecular formula is C39H44O10. The van der Waals surface area contributed by atoms with Crippen molar-refractivity contribution in [3.05, 3.63) is 96.1 Å². The summed E-state index contributed by atoms with van der Waals surface area (Å²) >= 11 is 0. The van der Waals surface area contributed by atoms with Crippen LogP contribution in [0.1, 0.15) is 68.2 Å². The molecule has 0 unspecified atom stereocenters. The van der Waals surface area contributed by atoms with Gasteiger partial charge >= 0.3 is 23.9 Å². The third kappa shape index (κ3) is 5.49. The number of allylic oxidation sites excluding steroid dienone is 2. The van der Waals surface area contributed by atoms with Crippen LogP contribution >= 0.6 is 0 Å². The topological polar surface area (TPSA) is 135 Å². The zero-order valence-electron chi connectivity index (χ0n) is 28.5. The van der Waals surface area contributed by atoms with Gasteiger partial charge in [-0.05, 0) is 56.5 Å². The van der Waals surface area contributed by atoms with E-state index in [0.29, 0.717) is 5.56 Å². The van der Waals surface area contributed by atoms with Gasteiger partial charge in [-0.3, -0.25) is 9.59 Å². The molecule has 4 aliphatic rings. The van der Waals surface area contributed by atoms with Crippen LogP contribution in [0.2, 0.25) is 0 Å². The van der Waals surface area contributed by atoms with Crippen molar-refractivity contribution in [3.63, 3.8) is 0 Å². The average Bonchev–Trinajstić information content (AvgIpc) is 3.53. The number of hydrogen-bond acceptors (Lipinski definition) is 10. The highest BCUT2D eigenvalue weighted by Crippen LogP contribution is 2.68. The molecule has 0 aromatic heterocycles. The lowest BCUT2D eigenvalue weighted by Gasteiger charge is -2.50. The van der Waals surface area contributed by atoms with Crippen molar-refractivity contribution < 1.29 is 48.0 Å². The van der Waals surface area contributed by atoms with E-state index in [1.807, 2.05) is 19.9 Å². The van der Waals surface area contributed by atoms with E-state index in [-0.39, 0.29) is 25.0 Å². The van der Waals surface area contributed by atoms with Gasteiger partial charge in [-0.2, -0.15) is 0 Å². The van der Waals surface area contributed by atoms with Gasteiger partial charge in [-0.15, -0.1) is 0 Å². The highest BCUT2D eigenvalue weighted by Gasteiger charge is 2.81. The first-order valence-corrected chi connectivity index (χ1v) is 16.9. The molecule has 49 heavy (non-hydrogen) atoms. The minimum Gasteiger partial charge on any atom is -0.462 e. The van der Waals surface area contributed by atoms with Gasteiger partial charge < -0.3 is 28.8 Å². The molecule has 2 saturated carbocycles. The van der Waals surface area contributed by atoms with Crippen LogP contribution < -0.4 is 0 Å². The van der Waals surface area contributed by atoms with Crippen molar-refractivity contribution in [2.75, 3.05) is 6.61 Å². The standard InChI is InChI=1S/C39H44O10/c1-7-29(41)47-31-23(4)20-39(49-24(5)40)30(31)33(42)38-21-45-37(6,36(39)48-35(44)26-16-12-9-13-17-26)32(38)27(22(2)3)18-19-28(38)46-34(43)25-14-10-8-11-15-25/h8-19,23,27-28,30-33,36,42H,2,7,20-21H2,1,3-6H3/t23-,27+,28+,30+,31-,32-,33+,36-,37+,38+,39+/m0/s1. The summed E-state index contributed by atoms with van der Waals surface area (Å²) in [5.41, 5.74) is -3.17. The monoisotopic (exact) mass is 672 g/mol. The van der Waals surface area contributed by atoms with Crippen molar-refractivity contribution >= 4 is 23.9 Å². The fraction of sp³-hybridized carbons (Fsp3) is 0.487. The van der Waals surface area contributed by atoms with Crippen LogP contribution in [0.5, 0.6) is 0 Å². The summed E-state index contributed by atoms with van der Waals surface area (Å²) in [5, 5.41) is 13.1. The number of aliphatic hydroxyl groups is 1. The van der Waals surface area contributed by atoms with Crippen LogP contribution in [0, 0.1) is 29.1 Å². The quantitative estimate of drug-likeness (QED) is 0.225. The van der Waals surface area contributed by atoms with Crippen molar-refractivity contribution in [1.29, 1.82) is 0 Å². The van der Waals surface area contributed by atoms with Gasteiger partial charge in [0.25, 0.3) is 0 Å². The van der Waals surface area contributed by atoms with Gasteiger partial charge in [0.15, 0.2) is 11.7 Å². The molecule has 0 spiro atoms. The van der Waals surface area contributed by atoms with E-state index in [0.717, 1.165) is 5.57 Å². The van der Waals surface area contributed by atoms with E-state index in [1.165, 1.54) is 6.92 Å². The Morgan fingerprint density at radius 1 is 0.918 bits per heavy atom. The smallest absolute Gasteiger partial charge is 0.338 e. The maximum Gasteiger partial charge on any atom is 0.338 e. The second kappa shape index (κ2) is 12.9. The summed E-state index contributed by atoms with van der Waals surface area (Å²) in [4.78, 5) is 53.7. The number of esters is 4. The Bertz CT molecular complexity index is 1650. The second-order valence-corrected chi connectivity index (χ2v) is 14.2. The number of rotatable bonds is 8. The predicted molar refractivity (Wildman–Crippen MR) is 177 cm³/mol. The summed E-state index contributed by atoms with van der Waals surface area (Å²) in [7, 11) is 0. The Morgan fingerprint density at radius 2 is 1.51 bits per heavy atom. The molecule has 2 aromatic rings. The van der Waals surface area contributed by atoms with Crippen LogP contribution in [-0.2, 0) is 33.3 Å². The zero-order valence-corrected chi connectivity index (χ0v) is 28.5. The van der Waals surface area contributed by atoms with Crippen LogP contribution in [-0.4, -0.2) is 71.2 Å². The van der Waals surface area contributed by atoms with Gasteiger partial charge in [0.1, 0.15) is 17.8 Å². The summed E-state index contributed by atoms with van der Waals surface area (Å²) in [6, 6.07) is 17.0. The fourth-order valence-corrected chi connectivity index (χ4v) is 9.24. The third-order valence-corrected chi connectivity index (χ3v) is 11.1. The first-order chi connectivity index (χ1) is 23.3. The fourth-order valence-electron chi connectivity index (χ4n) is 9.24. The molecule has 10 heteroatoms. The lowest BCUT2D eigenvalue weighted by atomic mass is 9.55. The Morgan fingerprint density at radius 3 is 2.06 bits per heavy atom. The number of benzene rings is 2. The lowest BCUT2D eigenvalue weighted by molar-refractivity contribution is -0.235. The minimum absolute atomic E-state index is 0.0748. The van der Waals surface area contributed by atoms with Crippen molar-refractivity contribution in [2.45, 2.75) is 83.1 Å². The summed E-state index contributed by atoms with van der Waals surface area (Å²) < 4.78 is 31.9. The molecule has 3 aliphatic carbocycles. The van der Waals surface area contributed by atoms with Gasteiger partial charge in [0, 0.05) is 25.2 Å². The first kappa shape index (κ1) is 34.6. The number of fused-ring (bicyclic) bond motifs is 1. The molecule has 1 saturated heterocycles. The minimum atomic E-state index is -1.71. The molecule has 1 aliphatic heterocycles. The highest BCUT2D eigenvalue weighted by molar-refractivity contribution is 5.90. The Hall–Kier alpha value is -4.28. The number of aliphatic hydroxyl groups excluding tert-OH is 1. The number of carbonyl (C=O) groups excluding carboxylic acids is 4. The number of carbonyl (C=O) groups is 4. The summed E-state index contributed by atoms with van der Waals surface area (Å²) in [5.74, 6) is -5.12. The molecule has 2 aromatic carbocycles. The summed E-state index contributed by atoms with van der Waals surface area (Å²) in [6.07, 6.45) is -0.913. The van der Waals surface area contributed by atoms with Crippen LogP contribution in [0.25, 0.3) is 0 Å². The largest absolute Gasteiger partial charge is 0.462 e. The molecule has 260 valence electrons. The number of hydrogen-bond donors (Lipinski definition) is 1. The first-order valence-electron chi connectivity index (χ1n) is 16.9. The van der Waals surface area contributed by atoms with Gasteiger partial charge in [-0.1, -0.05) is 68.5 Å². The molecule has 2 bridgehead atoms. The molecule has 0 radical (unpaired) electrons. The van der Waals surface area contributed by atoms with Crippen LogP contribution in [0.15, 0.2) is 85.0 Å². The second-order valence-electron chi connectivity index (χ2n) is 14.2. The average molecular weight is 673 g/mol. The van der Waals surface area contributed by atoms with Crippen molar-refractivity contribution in [1.82, 2.24) is 0 Å².